The lowest BCUT2D eigenvalue weighted by molar-refractivity contribution is 0.304. The van der Waals surface area contributed by atoms with Crippen LogP contribution in [0.1, 0.15) is 11.3 Å². The Bertz CT molecular complexity index is 932. The van der Waals surface area contributed by atoms with Crippen molar-refractivity contribution in [2.24, 2.45) is 0 Å². The number of nitrogens with zero attached hydrogens (tertiary/aromatic N) is 2. The van der Waals surface area contributed by atoms with Crippen molar-refractivity contribution in [2.75, 3.05) is 13.3 Å². The monoisotopic (exact) mass is 356 g/mol. The summed E-state index contributed by atoms with van der Waals surface area (Å²) in [4.78, 5) is 2.44. The van der Waals surface area contributed by atoms with E-state index >= 15 is 0 Å². The first-order valence-corrected chi connectivity index (χ1v) is 9.79. The lowest BCUT2D eigenvalue weighted by Gasteiger charge is -2.15. The van der Waals surface area contributed by atoms with E-state index in [9.17, 15) is 8.42 Å². The Hall–Kier alpha value is -2.44. The molecule has 0 atom stereocenters. The van der Waals surface area contributed by atoms with Crippen molar-refractivity contribution in [3.8, 4) is 11.3 Å². The number of rotatable bonds is 6. The molecule has 130 valence electrons. The molecule has 3 aromatic rings. The fourth-order valence-electron chi connectivity index (χ4n) is 2.61. The minimum atomic E-state index is -3.16. The van der Waals surface area contributed by atoms with Gasteiger partial charge in [0.2, 0.25) is 0 Å². The van der Waals surface area contributed by atoms with Crippen molar-refractivity contribution in [2.45, 2.75) is 18.0 Å². The Labute approximate surface area is 147 Å². The first kappa shape index (κ1) is 17.4. The number of hydrogen-bond donors (Lipinski definition) is 0. The molecular formula is C19H20N2O3S. The molecule has 25 heavy (non-hydrogen) atoms. The van der Waals surface area contributed by atoms with Crippen LogP contribution in [0.25, 0.3) is 11.3 Å². The molecular weight excluding hydrogens is 336 g/mol. The second-order valence-corrected chi connectivity index (χ2v) is 8.15. The van der Waals surface area contributed by atoms with E-state index in [1.807, 2.05) is 55.6 Å². The molecule has 0 aliphatic heterocycles. The van der Waals surface area contributed by atoms with Crippen LogP contribution >= 0.6 is 0 Å². The van der Waals surface area contributed by atoms with Crippen molar-refractivity contribution in [1.29, 1.82) is 0 Å². The van der Waals surface area contributed by atoms with Crippen molar-refractivity contribution < 1.29 is 12.9 Å². The molecule has 0 bridgehead atoms. The second kappa shape index (κ2) is 7.21. The molecule has 0 unspecified atom stereocenters. The van der Waals surface area contributed by atoms with Gasteiger partial charge in [-0.1, -0.05) is 47.6 Å². The molecule has 0 radical (unpaired) electrons. The van der Waals surface area contributed by atoms with E-state index in [2.05, 4.69) is 10.1 Å². The molecule has 1 heterocycles. The van der Waals surface area contributed by atoms with Gasteiger partial charge < -0.3 is 4.52 Å². The summed E-state index contributed by atoms with van der Waals surface area (Å²) in [5.74, 6) is 0.751. The fraction of sp³-hybridized carbons (Fsp3) is 0.211. The predicted molar refractivity (Wildman–Crippen MR) is 96.7 cm³/mol. The predicted octanol–water partition coefficient (Wildman–Crippen LogP) is 3.38. The van der Waals surface area contributed by atoms with Gasteiger partial charge in [0.25, 0.3) is 0 Å². The molecule has 3 rings (SSSR count). The lowest BCUT2D eigenvalue weighted by Crippen LogP contribution is -2.17. The summed E-state index contributed by atoms with van der Waals surface area (Å²) in [5.41, 5.74) is 2.90. The van der Waals surface area contributed by atoms with Crippen molar-refractivity contribution in [3.05, 3.63) is 71.9 Å². The molecule has 0 N–H and O–H groups in total. The molecule has 6 heteroatoms. The highest BCUT2D eigenvalue weighted by molar-refractivity contribution is 7.90. The molecule has 0 aliphatic carbocycles. The van der Waals surface area contributed by atoms with Crippen molar-refractivity contribution >= 4 is 9.84 Å². The van der Waals surface area contributed by atoms with Gasteiger partial charge in [-0.05, 0) is 24.7 Å². The number of sulfone groups is 1. The number of hydrogen-bond acceptors (Lipinski definition) is 5. The van der Waals surface area contributed by atoms with Crippen LogP contribution in [-0.2, 0) is 22.9 Å². The van der Waals surface area contributed by atoms with Gasteiger partial charge in [0.05, 0.1) is 10.6 Å². The smallest absolute Gasteiger partial charge is 0.175 e. The molecule has 0 spiro atoms. The second-order valence-electron chi connectivity index (χ2n) is 6.14. The van der Waals surface area contributed by atoms with Gasteiger partial charge >= 0.3 is 0 Å². The summed E-state index contributed by atoms with van der Waals surface area (Å²) in [6.45, 7) is 1.34. The molecule has 0 aliphatic rings. The van der Waals surface area contributed by atoms with Crippen LogP contribution in [0.15, 0.2) is 70.1 Å². The summed E-state index contributed by atoms with van der Waals surface area (Å²) >= 11 is 0. The summed E-state index contributed by atoms with van der Waals surface area (Å²) in [6.07, 6.45) is 1.21. The van der Waals surface area contributed by atoms with Crippen LogP contribution in [0.4, 0.5) is 0 Å². The van der Waals surface area contributed by atoms with Gasteiger partial charge in [0.1, 0.15) is 0 Å². The summed E-state index contributed by atoms with van der Waals surface area (Å²) in [5, 5.41) is 4.12. The van der Waals surface area contributed by atoms with Gasteiger partial charge in [-0.15, -0.1) is 0 Å². The summed E-state index contributed by atoms with van der Waals surface area (Å²) < 4.78 is 28.4. The van der Waals surface area contributed by atoms with E-state index in [1.165, 1.54) is 6.26 Å². The largest absolute Gasteiger partial charge is 0.356 e. The average molecular weight is 356 g/mol. The highest BCUT2D eigenvalue weighted by Crippen LogP contribution is 2.20. The zero-order chi connectivity index (χ0) is 17.9. The number of benzene rings is 2. The van der Waals surface area contributed by atoms with Crippen LogP contribution in [-0.4, -0.2) is 31.8 Å². The minimum Gasteiger partial charge on any atom is -0.356 e. The van der Waals surface area contributed by atoms with E-state index in [-0.39, 0.29) is 0 Å². The topological polar surface area (TPSA) is 63.4 Å². The van der Waals surface area contributed by atoms with Crippen LogP contribution in [0.3, 0.4) is 0 Å². The van der Waals surface area contributed by atoms with Gasteiger partial charge in [0.15, 0.2) is 15.6 Å². The fourth-order valence-corrected chi connectivity index (χ4v) is 3.24. The van der Waals surface area contributed by atoms with Crippen LogP contribution in [0.2, 0.25) is 0 Å². The first-order valence-electron chi connectivity index (χ1n) is 7.90. The Morgan fingerprint density at radius 2 is 1.68 bits per heavy atom. The molecule has 2 aromatic carbocycles. The number of aromatic nitrogens is 1. The third kappa shape index (κ3) is 4.55. The highest BCUT2D eigenvalue weighted by Gasteiger charge is 2.10. The Morgan fingerprint density at radius 1 is 1.00 bits per heavy atom. The highest BCUT2D eigenvalue weighted by atomic mass is 32.2. The maximum atomic E-state index is 11.5. The van der Waals surface area contributed by atoms with Crippen LogP contribution < -0.4 is 0 Å². The Kier molecular flexibility index (Phi) is 5.01. The molecule has 0 saturated heterocycles. The van der Waals surface area contributed by atoms with Gasteiger partial charge in [-0.25, -0.2) is 8.42 Å². The van der Waals surface area contributed by atoms with E-state index in [4.69, 9.17) is 4.52 Å². The zero-order valence-corrected chi connectivity index (χ0v) is 15.0. The molecule has 5 nitrogen and oxygen atoms in total. The van der Waals surface area contributed by atoms with Crippen molar-refractivity contribution in [1.82, 2.24) is 10.1 Å². The van der Waals surface area contributed by atoms with Crippen molar-refractivity contribution in [3.63, 3.8) is 0 Å². The molecule has 0 fully saturated rings. The van der Waals surface area contributed by atoms with Crippen LogP contribution in [0, 0.1) is 0 Å². The van der Waals surface area contributed by atoms with E-state index < -0.39 is 9.84 Å². The third-order valence-electron chi connectivity index (χ3n) is 3.85. The maximum Gasteiger partial charge on any atom is 0.175 e. The normalized spacial score (nSPS) is 11.8. The summed E-state index contributed by atoms with van der Waals surface area (Å²) in [6, 6.07) is 18.8. The van der Waals surface area contributed by atoms with E-state index in [0.717, 1.165) is 22.6 Å². The zero-order valence-electron chi connectivity index (χ0n) is 14.2. The molecule has 1 aromatic heterocycles. The molecule has 0 amide bonds. The Balaban J connectivity index is 1.63. The minimum absolute atomic E-state index is 0.336. The first-order chi connectivity index (χ1) is 11.9. The standard InChI is InChI=1S/C19H20N2O3S/c1-21(13-15-8-10-18(11-9-15)25(2,22)23)14-17-12-19(24-20-17)16-6-4-3-5-7-16/h3-12H,13-14H2,1-2H3. The van der Waals surface area contributed by atoms with Gasteiger partial charge in [0, 0.05) is 31.0 Å². The van der Waals surface area contributed by atoms with Gasteiger partial charge in [-0.3, -0.25) is 4.90 Å². The Morgan fingerprint density at radius 3 is 2.32 bits per heavy atom. The maximum absolute atomic E-state index is 11.5. The van der Waals surface area contributed by atoms with Crippen LogP contribution in [0.5, 0.6) is 0 Å². The van der Waals surface area contributed by atoms with E-state index in [0.29, 0.717) is 18.0 Å². The SMILES string of the molecule is CN(Cc1ccc(S(C)(=O)=O)cc1)Cc1cc(-c2ccccc2)on1. The summed E-state index contributed by atoms with van der Waals surface area (Å²) in [7, 11) is -1.17. The third-order valence-corrected chi connectivity index (χ3v) is 4.98. The van der Waals surface area contributed by atoms with E-state index in [1.54, 1.807) is 12.1 Å². The quantitative estimate of drug-likeness (QED) is 0.677. The average Bonchev–Trinajstić information content (AvgIpc) is 3.03. The van der Waals surface area contributed by atoms with Gasteiger partial charge in [-0.2, -0.15) is 0 Å². The lowest BCUT2D eigenvalue weighted by atomic mass is 10.1. The molecule has 0 saturated carbocycles.